The number of ether oxygens (including phenoxy) is 1. The molecule has 29 heavy (non-hydrogen) atoms. The molecule has 1 atom stereocenters. The van der Waals surface area contributed by atoms with Gasteiger partial charge in [0.05, 0.1) is 11.3 Å². The van der Waals surface area contributed by atoms with Crippen LogP contribution in [0.3, 0.4) is 0 Å². The number of benzene rings is 2. The molecule has 10 heteroatoms. The molecule has 0 aliphatic carbocycles. The first-order valence-corrected chi connectivity index (χ1v) is 10.2. The molecule has 0 saturated heterocycles. The molecule has 152 valence electrons. The van der Waals surface area contributed by atoms with Crippen LogP contribution in [0.2, 0.25) is 0 Å². The zero-order valence-corrected chi connectivity index (χ0v) is 16.3. The van der Waals surface area contributed by atoms with Gasteiger partial charge in [0.25, 0.3) is 5.91 Å². The maximum Gasteiger partial charge on any atom is 0.307 e. The molecule has 0 unspecified atom stereocenters. The summed E-state index contributed by atoms with van der Waals surface area (Å²) in [4.78, 5) is 28.3. The van der Waals surface area contributed by atoms with Crippen molar-refractivity contribution in [1.82, 2.24) is 4.98 Å². The van der Waals surface area contributed by atoms with E-state index >= 15 is 0 Å². The predicted molar refractivity (Wildman–Crippen MR) is 104 cm³/mol. The fraction of sp³-hybridized carbons (Fsp3) is 0.211. The highest BCUT2D eigenvalue weighted by Crippen LogP contribution is 2.17. The molecule has 3 aromatic rings. The summed E-state index contributed by atoms with van der Waals surface area (Å²) >= 11 is 0. The number of carbonyl (C=O) groups excluding carboxylic acids is 2. The second kappa shape index (κ2) is 8.41. The largest absolute Gasteiger partial charge is 0.453 e. The van der Waals surface area contributed by atoms with Crippen LogP contribution in [-0.2, 0) is 30.8 Å². The van der Waals surface area contributed by atoms with E-state index in [9.17, 15) is 18.0 Å². The Balaban J connectivity index is 1.53. The lowest BCUT2D eigenvalue weighted by molar-refractivity contribution is -0.153. The summed E-state index contributed by atoms with van der Waals surface area (Å²) in [7, 11) is -3.90. The molecule has 0 aliphatic rings. The van der Waals surface area contributed by atoms with Crippen LogP contribution in [0.25, 0.3) is 11.1 Å². The molecule has 0 fully saturated rings. The normalized spacial score (nSPS) is 12.5. The van der Waals surface area contributed by atoms with E-state index in [1.54, 1.807) is 12.1 Å². The van der Waals surface area contributed by atoms with Gasteiger partial charge in [0.2, 0.25) is 10.0 Å². The number of esters is 1. The van der Waals surface area contributed by atoms with Gasteiger partial charge in [-0.05, 0) is 37.3 Å². The van der Waals surface area contributed by atoms with E-state index in [0.29, 0.717) is 17.0 Å². The number of aromatic nitrogens is 1. The van der Waals surface area contributed by atoms with E-state index < -0.39 is 28.0 Å². The average molecular weight is 417 g/mol. The number of carbonyl (C=O) groups is 2. The molecule has 9 nitrogen and oxygen atoms in total. The van der Waals surface area contributed by atoms with Crippen molar-refractivity contribution in [3.8, 4) is 0 Å². The first-order valence-electron chi connectivity index (χ1n) is 8.70. The molecule has 0 saturated carbocycles. The number of nitrogens with zero attached hydrogens (tertiary/aromatic N) is 1. The van der Waals surface area contributed by atoms with E-state index in [-0.39, 0.29) is 23.4 Å². The third-order valence-corrected chi connectivity index (χ3v) is 4.90. The van der Waals surface area contributed by atoms with Gasteiger partial charge in [0.15, 0.2) is 17.6 Å². The van der Waals surface area contributed by atoms with Gasteiger partial charge >= 0.3 is 5.97 Å². The maximum absolute atomic E-state index is 12.2. The van der Waals surface area contributed by atoms with Crippen LogP contribution in [-0.4, -0.2) is 31.4 Å². The second-order valence-corrected chi connectivity index (χ2v) is 7.83. The lowest BCUT2D eigenvalue weighted by atomic mass is 10.3. The molecule has 0 spiro atoms. The maximum atomic E-state index is 12.2. The number of primary sulfonamides is 1. The molecule has 1 aromatic heterocycles. The van der Waals surface area contributed by atoms with Crippen molar-refractivity contribution < 1.29 is 27.2 Å². The quantitative estimate of drug-likeness (QED) is 0.560. The standard InChI is InChI=1S/C19H19N3O6S/c1-12(19(24)21-13-5-4-6-14(11-13)29(20,25)26)27-18(23)10-9-17-22-15-7-2-3-8-16(15)28-17/h2-8,11-12H,9-10H2,1H3,(H,21,24)(H2,20,25,26)/t12-/m1/s1. The summed E-state index contributed by atoms with van der Waals surface area (Å²) < 4.78 is 33.4. The van der Waals surface area contributed by atoms with Crippen molar-refractivity contribution in [2.75, 3.05) is 5.32 Å². The van der Waals surface area contributed by atoms with Crippen molar-refractivity contribution in [3.05, 3.63) is 54.4 Å². The number of hydrogen-bond donors (Lipinski definition) is 2. The Hall–Kier alpha value is -3.24. The molecule has 0 radical (unpaired) electrons. The predicted octanol–water partition coefficient (Wildman–Crippen LogP) is 1.98. The van der Waals surface area contributed by atoms with Gasteiger partial charge < -0.3 is 14.5 Å². The van der Waals surface area contributed by atoms with Crippen LogP contribution < -0.4 is 10.5 Å². The van der Waals surface area contributed by atoms with Crippen molar-refractivity contribution in [3.63, 3.8) is 0 Å². The van der Waals surface area contributed by atoms with Crippen LogP contribution in [0.15, 0.2) is 57.8 Å². The number of fused-ring (bicyclic) bond motifs is 1. The van der Waals surface area contributed by atoms with E-state index in [0.717, 1.165) is 0 Å². The monoisotopic (exact) mass is 417 g/mol. The molecule has 1 heterocycles. The third-order valence-electron chi connectivity index (χ3n) is 3.99. The minimum absolute atomic E-state index is 0.00859. The van der Waals surface area contributed by atoms with E-state index in [4.69, 9.17) is 14.3 Å². The first kappa shape index (κ1) is 20.5. The van der Waals surface area contributed by atoms with Crippen molar-refractivity contribution in [2.45, 2.75) is 30.8 Å². The third kappa shape index (κ3) is 5.39. The van der Waals surface area contributed by atoms with Crippen LogP contribution in [0.5, 0.6) is 0 Å². The molecule has 0 aliphatic heterocycles. The molecular formula is C19H19N3O6S. The Morgan fingerprint density at radius 2 is 1.97 bits per heavy atom. The average Bonchev–Trinajstić information content (AvgIpc) is 3.09. The summed E-state index contributed by atoms with van der Waals surface area (Å²) in [6, 6.07) is 12.7. The number of nitrogens with two attached hydrogens (primary N) is 1. The highest BCUT2D eigenvalue weighted by atomic mass is 32.2. The summed E-state index contributed by atoms with van der Waals surface area (Å²) in [5.41, 5.74) is 1.55. The van der Waals surface area contributed by atoms with Crippen molar-refractivity contribution >= 4 is 38.7 Å². The van der Waals surface area contributed by atoms with E-state index in [1.165, 1.54) is 31.2 Å². The van der Waals surface area contributed by atoms with Gasteiger partial charge in [-0.2, -0.15) is 0 Å². The summed E-state index contributed by atoms with van der Waals surface area (Å²) in [5.74, 6) is -0.792. The van der Waals surface area contributed by atoms with Gasteiger partial charge in [-0.1, -0.05) is 18.2 Å². The van der Waals surface area contributed by atoms with Gasteiger partial charge in [0, 0.05) is 12.1 Å². The Morgan fingerprint density at radius 1 is 1.21 bits per heavy atom. The zero-order chi connectivity index (χ0) is 21.0. The molecule has 1 amide bonds. The number of rotatable bonds is 7. The van der Waals surface area contributed by atoms with E-state index in [1.807, 2.05) is 12.1 Å². The minimum Gasteiger partial charge on any atom is -0.453 e. The van der Waals surface area contributed by atoms with Gasteiger partial charge in [-0.25, -0.2) is 18.5 Å². The lowest BCUT2D eigenvalue weighted by Gasteiger charge is -2.13. The number of oxazole rings is 1. The van der Waals surface area contributed by atoms with Crippen molar-refractivity contribution in [1.29, 1.82) is 0 Å². The number of sulfonamides is 1. The highest BCUT2D eigenvalue weighted by molar-refractivity contribution is 7.89. The smallest absolute Gasteiger partial charge is 0.307 e. The Bertz CT molecular complexity index is 1120. The van der Waals surface area contributed by atoms with Gasteiger partial charge in [0.1, 0.15) is 5.52 Å². The fourth-order valence-electron chi connectivity index (χ4n) is 2.54. The Kier molecular flexibility index (Phi) is 5.95. The Morgan fingerprint density at radius 3 is 2.69 bits per heavy atom. The molecule has 2 aromatic carbocycles. The zero-order valence-electron chi connectivity index (χ0n) is 15.5. The van der Waals surface area contributed by atoms with Crippen LogP contribution in [0.4, 0.5) is 5.69 Å². The molecule has 0 bridgehead atoms. The molecule has 3 N–H and O–H groups in total. The minimum atomic E-state index is -3.90. The topological polar surface area (TPSA) is 142 Å². The van der Waals surface area contributed by atoms with Crippen LogP contribution >= 0.6 is 0 Å². The highest BCUT2D eigenvalue weighted by Gasteiger charge is 2.19. The first-order chi connectivity index (χ1) is 13.7. The number of para-hydroxylation sites is 2. The molecular weight excluding hydrogens is 398 g/mol. The Labute approximate surface area is 166 Å². The van der Waals surface area contributed by atoms with Gasteiger partial charge in [-0.3, -0.25) is 9.59 Å². The lowest BCUT2D eigenvalue weighted by Crippen LogP contribution is -2.30. The summed E-state index contributed by atoms with van der Waals surface area (Å²) in [5, 5.41) is 7.55. The number of anilines is 1. The fourth-order valence-corrected chi connectivity index (χ4v) is 3.10. The number of hydrogen-bond acceptors (Lipinski definition) is 7. The number of aryl methyl sites for hydroxylation is 1. The molecule has 3 rings (SSSR count). The van der Waals surface area contributed by atoms with Crippen LogP contribution in [0, 0.1) is 0 Å². The number of amides is 1. The van der Waals surface area contributed by atoms with Crippen molar-refractivity contribution in [2.24, 2.45) is 5.14 Å². The summed E-state index contributed by atoms with van der Waals surface area (Å²) in [6.45, 7) is 1.41. The van der Waals surface area contributed by atoms with E-state index in [2.05, 4.69) is 10.3 Å². The number of nitrogens with one attached hydrogen (secondary N) is 1. The van der Waals surface area contributed by atoms with Crippen LogP contribution in [0.1, 0.15) is 19.2 Å². The second-order valence-electron chi connectivity index (χ2n) is 6.27. The summed E-state index contributed by atoms with van der Waals surface area (Å²) in [6.07, 6.45) is -0.854. The SMILES string of the molecule is C[C@@H](OC(=O)CCc1nc2ccccc2o1)C(=O)Nc1cccc(S(N)(=O)=O)c1. The van der Waals surface area contributed by atoms with Gasteiger partial charge in [-0.15, -0.1) is 0 Å².